The molecule has 0 bridgehead atoms. The molecule has 4 rings (SSSR count). The lowest BCUT2D eigenvalue weighted by Crippen LogP contribution is -2.37. The maximum absolute atomic E-state index is 13.8. The summed E-state index contributed by atoms with van der Waals surface area (Å²) in [6.45, 7) is 5.23. The van der Waals surface area contributed by atoms with Crippen LogP contribution >= 0.6 is 11.3 Å². The third-order valence-corrected chi connectivity index (χ3v) is 7.61. The number of carbonyl (C=O) groups is 1. The van der Waals surface area contributed by atoms with Gasteiger partial charge in [-0.25, -0.2) is 13.2 Å². The van der Waals surface area contributed by atoms with Crippen molar-refractivity contribution in [2.24, 2.45) is 0 Å². The molecular formula is C23H19NO5S2. The van der Waals surface area contributed by atoms with E-state index in [1.165, 1.54) is 18.2 Å². The van der Waals surface area contributed by atoms with Crippen molar-refractivity contribution in [2.75, 3.05) is 4.31 Å². The van der Waals surface area contributed by atoms with Crippen LogP contribution in [0.15, 0.2) is 74.8 Å². The summed E-state index contributed by atoms with van der Waals surface area (Å²) in [5, 5.41) is 0. The smallest absolute Gasteiger partial charge is 0.396 e. The Balaban J connectivity index is 1.98. The lowest BCUT2D eigenvalue weighted by atomic mass is 10.1. The van der Waals surface area contributed by atoms with Crippen molar-refractivity contribution in [1.82, 2.24) is 0 Å². The quantitative estimate of drug-likeness (QED) is 0.442. The highest BCUT2D eigenvalue weighted by molar-refractivity contribution is 7.93. The van der Waals surface area contributed by atoms with Crippen LogP contribution in [0.25, 0.3) is 10.3 Å². The fourth-order valence-electron chi connectivity index (χ4n) is 3.36. The molecule has 0 fully saturated rings. The van der Waals surface area contributed by atoms with E-state index in [-0.39, 0.29) is 16.1 Å². The lowest BCUT2D eigenvalue weighted by molar-refractivity contribution is 0.100. The third kappa shape index (κ3) is 3.80. The Kier molecular flexibility index (Phi) is 5.28. The molecule has 1 heterocycles. The second-order valence-corrected chi connectivity index (χ2v) is 9.98. The van der Waals surface area contributed by atoms with Gasteiger partial charge in [-0.05, 0) is 67.8 Å². The van der Waals surface area contributed by atoms with Gasteiger partial charge in [-0.15, -0.1) is 0 Å². The second-order valence-electron chi connectivity index (χ2n) is 7.24. The first-order valence-corrected chi connectivity index (χ1v) is 11.7. The van der Waals surface area contributed by atoms with Crippen LogP contribution in [0.5, 0.6) is 0 Å². The van der Waals surface area contributed by atoms with E-state index in [9.17, 15) is 18.0 Å². The Labute approximate surface area is 183 Å². The van der Waals surface area contributed by atoms with E-state index in [0.717, 1.165) is 21.2 Å². The minimum Gasteiger partial charge on any atom is -0.414 e. The molecule has 6 nitrogen and oxygen atoms in total. The van der Waals surface area contributed by atoms with Gasteiger partial charge in [0.2, 0.25) is 0 Å². The maximum Gasteiger partial charge on any atom is 0.396 e. The van der Waals surface area contributed by atoms with Gasteiger partial charge in [0.1, 0.15) is 5.58 Å². The monoisotopic (exact) mass is 453 g/mol. The standard InChI is InChI=1S/C23H19NO5S2/c1-14-8-9-16(3)21(12-14)31(27,28)24(22(25)18-7-5-4-6-15(18)2)17-10-11-19-20(13-17)30-23(26)29-19/h4-13H,1-3H3. The van der Waals surface area contributed by atoms with Crippen LogP contribution in [-0.4, -0.2) is 14.3 Å². The molecule has 0 saturated heterocycles. The number of hydrogen-bond acceptors (Lipinski definition) is 6. The van der Waals surface area contributed by atoms with Crippen LogP contribution < -0.4 is 9.24 Å². The van der Waals surface area contributed by atoms with E-state index in [1.54, 1.807) is 57.2 Å². The molecule has 0 atom stereocenters. The minimum atomic E-state index is -4.25. The number of aryl methyl sites for hydroxylation is 3. The Bertz CT molecular complexity index is 1480. The molecule has 0 aliphatic carbocycles. The fourth-order valence-corrected chi connectivity index (χ4v) is 5.77. The van der Waals surface area contributed by atoms with Crippen LogP contribution in [0.2, 0.25) is 0 Å². The molecule has 1 aromatic heterocycles. The van der Waals surface area contributed by atoms with E-state index >= 15 is 0 Å². The first-order chi connectivity index (χ1) is 14.7. The van der Waals surface area contributed by atoms with Crippen LogP contribution in [0.1, 0.15) is 27.0 Å². The number of carbonyl (C=O) groups excluding carboxylic acids is 1. The van der Waals surface area contributed by atoms with E-state index < -0.39 is 20.9 Å². The predicted octanol–water partition coefficient (Wildman–Crippen LogP) is 4.82. The number of rotatable bonds is 4. The van der Waals surface area contributed by atoms with Gasteiger partial charge in [0.05, 0.1) is 15.3 Å². The molecule has 0 radical (unpaired) electrons. The SMILES string of the molecule is Cc1ccc(C)c(S(=O)(=O)N(C(=O)c2ccccc2C)c2ccc3oc(=O)sc3c2)c1. The first-order valence-electron chi connectivity index (χ1n) is 9.45. The number of amides is 1. The molecular weight excluding hydrogens is 434 g/mol. The van der Waals surface area contributed by atoms with Gasteiger partial charge in [-0.1, -0.05) is 41.7 Å². The summed E-state index contributed by atoms with van der Waals surface area (Å²) in [4.78, 5) is 24.8. The normalized spacial score (nSPS) is 11.6. The summed E-state index contributed by atoms with van der Waals surface area (Å²) in [7, 11) is -4.25. The molecule has 0 aliphatic rings. The summed E-state index contributed by atoms with van der Waals surface area (Å²) >= 11 is 0.851. The van der Waals surface area contributed by atoms with Crippen molar-refractivity contribution >= 4 is 43.2 Å². The van der Waals surface area contributed by atoms with Gasteiger partial charge in [0, 0.05) is 5.56 Å². The van der Waals surface area contributed by atoms with Crippen LogP contribution in [0, 0.1) is 20.8 Å². The van der Waals surface area contributed by atoms with Crippen LogP contribution in [0.3, 0.4) is 0 Å². The third-order valence-electron chi connectivity index (χ3n) is 4.97. The second kappa shape index (κ2) is 7.79. The average Bonchev–Trinajstić information content (AvgIpc) is 3.09. The predicted molar refractivity (Wildman–Crippen MR) is 121 cm³/mol. The number of fused-ring (bicyclic) bond motifs is 1. The molecule has 158 valence electrons. The van der Waals surface area contributed by atoms with Gasteiger partial charge in [0.25, 0.3) is 15.9 Å². The number of hydrogen-bond donors (Lipinski definition) is 0. The van der Waals surface area contributed by atoms with Gasteiger partial charge in [0.15, 0.2) is 0 Å². The zero-order valence-electron chi connectivity index (χ0n) is 17.1. The molecule has 3 aromatic carbocycles. The van der Waals surface area contributed by atoms with E-state index in [0.29, 0.717) is 21.4 Å². The Morgan fingerprint density at radius 1 is 0.935 bits per heavy atom. The molecule has 8 heteroatoms. The average molecular weight is 454 g/mol. The molecule has 0 aliphatic heterocycles. The largest absolute Gasteiger partial charge is 0.414 e. The summed E-state index contributed by atoms with van der Waals surface area (Å²) < 4.78 is 33.9. The molecule has 1 amide bonds. The van der Waals surface area contributed by atoms with E-state index in [1.807, 2.05) is 6.07 Å². The van der Waals surface area contributed by atoms with Crippen molar-refractivity contribution in [2.45, 2.75) is 25.7 Å². The molecule has 4 aromatic rings. The highest BCUT2D eigenvalue weighted by Gasteiger charge is 2.34. The Morgan fingerprint density at radius 3 is 2.42 bits per heavy atom. The lowest BCUT2D eigenvalue weighted by Gasteiger charge is -2.24. The fraction of sp³-hybridized carbons (Fsp3) is 0.130. The zero-order valence-corrected chi connectivity index (χ0v) is 18.7. The number of benzene rings is 3. The molecule has 0 saturated carbocycles. The maximum atomic E-state index is 13.8. The van der Waals surface area contributed by atoms with Gasteiger partial charge >= 0.3 is 4.94 Å². The molecule has 0 spiro atoms. The van der Waals surface area contributed by atoms with Crippen molar-refractivity contribution in [1.29, 1.82) is 0 Å². The topological polar surface area (TPSA) is 84.7 Å². The Hall–Kier alpha value is -3.23. The number of anilines is 1. The minimum absolute atomic E-state index is 0.0508. The first kappa shape index (κ1) is 21.0. The highest BCUT2D eigenvalue weighted by Crippen LogP contribution is 2.32. The molecule has 0 unspecified atom stereocenters. The van der Waals surface area contributed by atoms with Gasteiger partial charge in [-0.3, -0.25) is 4.79 Å². The van der Waals surface area contributed by atoms with Crippen LogP contribution in [0.4, 0.5) is 5.69 Å². The van der Waals surface area contributed by atoms with Crippen molar-refractivity contribution in [3.63, 3.8) is 0 Å². The number of nitrogens with zero attached hydrogens (tertiary/aromatic N) is 1. The number of sulfonamides is 1. The van der Waals surface area contributed by atoms with E-state index in [4.69, 9.17) is 4.42 Å². The van der Waals surface area contributed by atoms with Crippen molar-refractivity contribution in [3.8, 4) is 0 Å². The van der Waals surface area contributed by atoms with Gasteiger partial charge in [-0.2, -0.15) is 4.31 Å². The summed E-state index contributed by atoms with van der Waals surface area (Å²) in [6, 6.07) is 16.4. The summed E-state index contributed by atoms with van der Waals surface area (Å²) in [5.41, 5.74) is 2.70. The molecule has 31 heavy (non-hydrogen) atoms. The summed E-state index contributed by atoms with van der Waals surface area (Å²) in [5.74, 6) is -0.672. The zero-order chi connectivity index (χ0) is 22.3. The van der Waals surface area contributed by atoms with Crippen LogP contribution in [-0.2, 0) is 10.0 Å². The highest BCUT2D eigenvalue weighted by atomic mass is 32.2. The van der Waals surface area contributed by atoms with Gasteiger partial charge < -0.3 is 4.42 Å². The summed E-state index contributed by atoms with van der Waals surface area (Å²) in [6.07, 6.45) is 0. The van der Waals surface area contributed by atoms with Crippen molar-refractivity contribution < 1.29 is 17.6 Å². The Morgan fingerprint density at radius 2 is 1.68 bits per heavy atom. The van der Waals surface area contributed by atoms with E-state index in [2.05, 4.69) is 0 Å². The van der Waals surface area contributed by atoms with Crippen molar-refractivity contribution in [3.05, 3.63) is 92.7 Å². The molecule has 0 N–H and O–H groups in total.